The molecule has 0 spiro atoms. The molecule has 1 fully saturated rings. The molecule has 1 heterocycles. The minimum absolute atomic E-state index is 0.0688. The average Bonchev–Trinajstić information content (AvgIpc) is 2.32. The lowest BCUT2D eigenvalue weighted by Crippen LogP contribution is -2.37. The molecule has 2 atom stereocenters. The van der Waals surface area contributed by atoms with E-state index in [0.717, 1.165) is 24.9 Å². The van der Waals surface area contributed by atoms with E-state index in [1.54, 1.807) is 6.07 Å². The Hall–Kier alpha value is -1.26. The zero-order chi connectivity index (χ0) is 11.5. The van der Waals surface area contributed by atoms with Gasteiger partial charge in [0.15, 0.2) is 11.5 Å². The first-order chi connectivity index (χ1) is 7.72. The standard InChI is InChI=1S/C12H18N2O2/c13-7-9-2-1-5-14-12(9)8-3-4-10(15)11(16)6-8/h3-4,6,9,12,14-16H,1-2,5,7,13H2/t9-,12-/m1/s1. The van der Waals surface area contributed by atoms with Crippen molar-refractivity contribution >= 4 is 0 Å². The van der Waals surface area contributed by atoms with Crippen molar-refractivity contribution < 1.29 is 10.2 Å². The summed E-state index contributed by atoms with van der Waals surface area (Å²) in [5, 5.41) is 22.2. The minimum Gasteiger partial charge on any atom is -0.504 e. The lowest BCUT2D eigenvalue weighted by molar-refractivity contribution is 0.290. The molecular formula is C12H18N2O2. The summed E-state index contributed by atoms with van der Waals surface area (Å²) in [7, 11) is 0. The molecule has 1 aromatic rings. The van der Waals surface area contributed by atoms with E-state index in [0.29, 0.717) is 12.5 Å². The molecule has 0 radical (unpaired) electrons. The molecule has 0 amide bonds. The van der Waals surface area contributed by atoms with Gasteiger partial charge in [-0.3, -0.25) is 0 Å². The quantitative estimate of drug-likeness (QED) is 0.565. The van der Waals surface area contributed by atoms with Crippen LogP contribution in [0.4, 0.5) is 0 Å². The van der Waals surface area contributed by atoms with Crippen LogP contribution in [0.15, 0.2) is 18.2 Å². The normalized spacial score (nSPS) is 25.6. The molecule has 1 aliphatic rings. The molecule has 4 heteroatoms. The zero-order valence-corrected chi connectivity index (χ0v) is 9.19. The second-order valence-electron chi connectivity index (χ2n) is 4.32. The number of nitrogens with two attached hydrogens (primary N) is 1. The van der Waals surface area contributed by atoms with E-state index >= 15 is 0 Å². The Bertz CT molecular complexity index is 368. The van der Waals surface area contributed by atoms with Crippen molar-refractivity contribution in [2.24, 2.45) is 11.7 Å². The monoisotopic (exact) mass is 222 g/mol. The highest BCUT2D eigenvalue weighted by atomic mass is 16.3. The van der Waals surface area contributed by atoms with Crippen LogP contribution in [0.2, 0.25) is 0 Å². The first-order valence-corrected chi connectivity index (χ1v) is 5.67. The molecule has 1 aromatic carbocycles. The zero-order valence-electron chi connectivity index (χ0n) is 9.19. The number of phenolic OH excluding ortho intramolecular Hbond substituents is 2. The highest BCUT2D eigenvalue weighted by molar-refractivity contribution is 5.41. The van der Waals surface area contributed by atoms with Crippen LogP contribution >= 0.6 is 0 Å². The Morgan fingerprint density at radius 1 is 1.31 bits per heavy atom. The van der Waals surface area contributed by atoms with Crippen molar-refractivity contribution in [1.82, 2.24) is 5.32 Å². The summed E-state index contributed by atoms with van der Waals surface area (Å²) in [5.74, 6) is 0.252. The fourth-order valence-corrected chi connectivity index (χ4v) is 2.33. The van der Waals surface area contributed by atoms with Crippen LogP contribution in [0.5, 0.6) is 11.5 Å². The number of benzene rings is 1. The van der Waals surface area contributed by atoms with Crippen LogP contribution < -0.4 is 11.1 Å². The third kappa shape index (κ3) is 2.13. The van der Waals surface area contributed by atoms with E-state index in [2.05, 4.69) is 5.32 Å². The predicted molar refractivity (Wildman–Crippen MR) is 62.3 cm³/mol. The van der Waals surface area contributed by atoms with Gasteiger partial charge in [0.25, 0.3) is 0 Å². The lowest BCUT2D eigenvalue weighted by Gasteiger charge is -2.32. The molecule has 2 rings (SSSR count). The van der Waals surface area contributed by atoms with Crippen molar-refractivity contribution in [2.75, 3.05) is 13.1 Å². The van der Waals surface area contributed by atoms with Gasteiger partial charge in [0.05, 0.1) is 0 Å². The SMILES string of the molecule is NC[C@H]1CCCN[C@@H]1c1ccc(O)c(O)c1. The lowest BCUT2D eigenvalue weighted by atomic mass is 9.86. The third-order valence-electron chi connectivity index (χ3n) is 3.25. The van der Waals surface area contributed by atoms with Gasteiger partial charge in [0, 0.05) is 6.04 Å². The molecule has 1 aliphatic heterocycles. The second kappa shape index (κ2) is 4.72. The Kier molecular flexibility index (Phi) is 3.31. The summed E-state index contributed by atoms with van der Waals surface area (Å²) in [5.41, 5.74) is 6.74. The number of nitrogens with one attached hydrogen (secondary N) is 1. The predicted octanol–water partition coefficient (Wildman–Crippen LogP) is 1.10. The summed E-state index contributed by atoms with van der Waals surface area (Å²) in [6, 6.07) is 5.15. The van der Waals surface area contributed by atoms with E-state index in [1.807, 2.05) is 6.07 Å². The topological polar surface area (TPSA) is 78.5 Å². The van der Waals surface area contributed by atoms with Gasteiger partial charge in [-0.1, -0.05) is 6.07 Å². The maximum atomic E-state index is 9.48. The first-order valence-electron chi connectivity index (χ1n) is 5.67. The number of phenols is 2. The molecule has 4 nitrogen and oxygen atoms in total. The number of hydrogen-bond donors (Lipinski definition) is 4. The van der Waals surface area contributed by atoms with Gasteiger partial charge < -0.3 is 21.3 Å². The molecular weight excluding hydrogens is 204 g/mol. The summed E-state index contributed by atoms with van der Waals surface area (Å²) >= 11 is 0. The summed E-state index contributed by atoms with van der Waals surface area (Å²) < 4.78 is 0. The summed E-state index contributed by atoms with van der Waals surface area (Å²) in [6.07, 6.45) is 2.25. The number of rotatable bonds is 2. The van der Waals surface area contributed by atoms with Gasteiger partial charge in [-0.05, 0) is 49.5 Å². The van der Waals surface area contributed by atoms with Crippen LogP contribution in [0, 0.1) is 5.92 Å². The van der Waals surface area contributed by atoms with Crippen molar-refractivity contribution in [3.05, 3.63) is 23.8 Å². The van der Waals surface area contributed by atoms with E-state index < -0.39 is 0 Å². The molecule has 0 bridgehead atoms. The van der Waals surface area contributed by atoms with Crippen LogP contribution in [0.25, 0.3) is 0 Å². The highest BCUT2D eigenvalue weighted by Gasteiger charge is 2.25. The molecule has 88 valence electrons. The van der Waals surface area contributed by atoms with Gasteiger partial charge >= 0.3 is 0 Å². The molecule has 0 aromatic heterocycles. The minimum atomic E-state index is -0.0798. The summed E-state index contributed by atoms with van der Waals surface area (Å²) in [4.78, 5) is 0. The van der Waals surface area contributed by atoms with Crippen LogP contribution in [-0.4, -0.2) is 23.3 Å². The fourth-order valence-electron chi connectivity index (χ4n) is 2.33. The van der Waals surface area contributed by atoms with Crippen LogP contribution in [-0.2, 0) is 0 Å². The molecule has 0 unspecified atom stereocenters. The van der Waals surface area contributed by atoms with Gasteiger partial charge in [-0.15, -0.1) is 0 Å². The van der Waals surface area contributed by atoms with E-state index in [1.165, 1.54) is 6.07 Å². The Labute approximate surface area is 95.1 Å². The Morgan fingerprint density at radius 3 is 2.81 bits per heavy atom. The van der Waals surface area contributed by atoms with Crippen molar-refractivity contribution in [1.29, 1.82) is 0 Å². The maximum absolute atomic E-state index is 9.48. The molecule has 16 heavy (non-hydrogen) atoms. The highest BCUT2D eigenvalue weighted by Crippen LogP contribution is 2.33. The van der Waals surface area contributed by atoms with E-state index in [4.69, 9.17) is 5.73 Å². The number of hydrogen-bond acceptors (Lipinski definition) is 4. The van der Waals surface area contributed by atoms with Crippen molar-refractivity contribution in [3.63, 3.8) is 0 Å². The van der Waals surface area contributed by atoms with E-state index in [-0.39, 0.29) is 17.5 Å². The van der Waals surface area contributed by atoms with Gasteiger partial charge in [0.2, 0.25) is 0 Å². The average molecular weight is 222 g/mol. The number of aromatic hydroxyl groups is 2. The molecule has 0 aliphatic carbocycles. The number of piperidine rings is 1. The van der Waals surface area contributed by atoms with E-state index in [9.17, 15) is 10.2 Å². The van der Waals surface area contributed by atoms with Crippen molar-refractivity contribution in [3.8, 4) is 11.5 Å². The Balaban J connectivity index is 2.23. The maximum Gasteiger partial charge on any atom is 0.157 e. The van der Waals surface area contributed by atoms with Crippen molar-refractivity contribution in [2.45, 2.75) is 18.9 Å². The van der Waals surface area contributed by atoms with Gasteiger partial charge in [0.1, 0.15) is 0 Å². The second-order valence-corrected chi connectivity index (χ2v) is 4.32. The fraction of sp³-hybridized carbons (Fsp3) is 0.500. The Morgan fingerprint density at radius 2 is 2.12 bits per heavy atom. The summed E-state index contributed by atoms with van der Waals surface area (Å²) in [6.45, 7) is 1.61. The molecule has 0 saturated carbocycles. The van der Waals surface area contributed by atoms with Gasteiger partial charge in [-0.25, -0.2) is 0 Å². The largest absolute Gasteiger partial charge is 0.504 e. The van der Waals surface area contributed by atoms with Crippen LogP contribution in [0.1, 0.15) is 24.4 Å². The first kappa shape index (κ1) is 11.2. The third-order valence-corrected chi connectivity index (χ3v) is 3.25. The molecule has 1 saturated heterocycles. The smallest absolute Gasteiger partial charge is 0.157 e. The van der Waals surface area contributed by atoms with Gasteiger partial charge in [-0.2, -0.15) is 0 Å². The molecule has 5 N–H and O–H groups in total. The van der Waals surface area contributed by atoms with Crippen LogP contribution in [0.3, 0.4) is 0 Å².